The summed E-state index contributed by atoms with van der Waals surface area (Å²) in [5, 5.41) is 4.26. The number of carbonyl (C=O) groups is 1. The molecule has 2 aromatic carbocycles. The number of thiazole rings is 1. The Hall–Kier alpha value is -1.77. The van der Waals surface area contributed by atoms with Crippen LogP contribution in [0.4, 0.5) is 9.93 Å². The summed E-state index contributed by atoms with van der Waals surface area (Å²) in [4.78, 5) is 16.3. The lowest BCUT2D eigenvalue weighted by Crippen LogP contribution is -2.22. The molecule has 8 heteroatoms. The molecule has 24 heavy (non-hydrogen) atoms. The van der Waals surface area contributed by atoms with Crippen LogP contribution in [0.1, 0.15) is 5.56 Å². The van der Waals surface area contributed by atoms with E-state index in [1.807, 2.05) is 30.3 Å². The molecular weight excluding hydrogens is 408 g/mol. The number of hydrogen-bond donors (Lipinski definition) is 3. The summed E-state index contributed by atoms with van der Waals surface area (Å²) in [6.45, 7) is 0.826. The first-order chi connectivity index (χ1) is 11.6. The van der Waals surface area contributed by atoms with E-state index in [2.05, 4.69) is 43.1 Å². The van der Waals surface area contributed by atoms with Gasteiger partial charge in [0.15, 0.2) is 5.13 Å². The molecule has 0 aliphatic carbocycles. The number of urea groups is 1. The van der Waals surface area contributed by atoms with E-state index in [4.69, 9.17) is 5.73 Å². The van der Waals surface area contributed by atoms with Crippen LogP contribution in [0.15, 0.2) is 51.8 Å². The van der Waals surface area contributed by atoms with Crippen molar-refractivity contribution in [1.82, 2.24) is 9.71 Å². The topological polar surface area (TPSA) is 80.0 Å². The zero-order chi connectivity index (χ0) is 16.9. The summed E-state index contributed by atoms with van der Waals surface area (Å²) < 4.78 is 4.67. The third-order valence-electron chi connectivity index (χ3n) is 3.23. The van der Waals surface area contributed by atoms with Gasteiger partial charge < -0.3 is 11.1 Å². The largest absolute Gasteiger partial charge is 0.361 e. The minimum Gasteiger partial charge on any atom is -0.361 e. The van der Waals surface area contributed by atoms with Gasteiger partial charge in [-0.2, -0.15) is 0 Å². The summed E-state index contributed by atoms with van der Waals surface area (Å²) in [7, 11) is 0. The standard InChI is InChI=1S/C16H15BrN4OS2/c17-11-3-1-10(2-4-11)7-8-19-16-20-13-6-5-12(9-14(13)23-16)24-21-15(18)22/h1-6,9H,7-8H2,(H,19,20)(H3,18,21,22). The van der Waals surface area contributed by atoms with E-state index in [-0.39, 0.29) is 0 Å². The van der Waals surface area contributed by atoms with Crippen LogP contribution < -0.4 is 15.8 Å². The van der Waals surface area contributed by atoms with Crippen LogP contribution in [0.3, 0.4) is 0 Å². The van der Waals surface area contributed by atoms with Gasteiger partial charge in [0.05, 0.1) is 10.2 Å². The second-order valence-electron chi connectivity index (χ2n) is 5.02. The van der Waals surface area contributed by atoms with Gasteiger partial charge in [0.25, 0.3) is 0 Å². The first kappa shape index (κ1) is 17.1. The zero-order valence-electron chi connectivity index (χ0n) is 12.6. The van der Waals surface area contributed by atoms with Crippen molar-refractivity contribution in [2.24, 2.45) is 5.73 Å². The molecule has 3 aromatic rings. The highest BCUT2D eigenvalue weighted by Crippen LogP contribution is 2.29. The molecule has 0 saturated heterocycles. The number of benzene rings is 2. The Morgan fingerprint density at radius 3 is 2.79 bits per heavy atom. The number of nitrogens with two attached hydrogens (primary N) is 1. The Kier molecular flexibility index (Phi) is 5.60. The molecule has 0 saturated carbocycles. The Labute approximate surface area is 156 Å². The Bertz CT molecular complexity index is 851. The van der Waals surface area contributed by atoms with Crippen LogP contribution in [-0.4, -0.2) is 17.6 Å². The van der Waals surface area contributed by atoms with Gasteiger partial charge in [-0.05, 0) is 54.3 Å². The molecule has 0 spiro atoms. The van der Waals surface area contributed by atoms with Crippen LogP contribution >= 0.6 is 39.2 Å². The number of primary amides is 1. The van der Waals surface area contributed by atoms with Gasteiger partial charge in [-0.1, -0.05) is 39.4 Å². The van der Waals surface area contributed by atoms with E-state index < -0.39 is 6.03 Å². The summed E-state index contributed by atoms with van der Waals surface area (Å²) >= 11 is 6.23. The predicted molar refractivity (Wildman–Crippen MR) is 105 cm³/mol. The third-order valence-corrected chi connectivity index (χ3v) is 5.53. The van der Waals surface area contributed by atoms with Gasteiger partial charge in [-0.3, -0.25) is 4.72 Å². The quantitative estimate of drug-likeness (QED) is 0.514. The van der Waals surface area contributed by atoms with E-state index in [0.29, 0.717) is 0 Å². The van der Waals surface area contributed by atoms with Crippen molar-refractivity contribution >= 4 is 60.6 Å². The van der Waals surface area contributed by atoms with Crippen LogP contribution in [0.2, 0.25) is 0 Å². The highest BCUT2D eigenvalue weighted by atomic mass is 79.9. The van der Waals surface area contributed by atoms with E-state index in [1.54, 1.807) is 11.3 Å². The highest BCUT2D eigenvalue weighted by Gasteiger charge is 2.05. The van der Waals surface area contributed by atoms with Gasteiger partial charge in [-0.25, -0.2) is 9.78 Å². The van der Waals surface area contributed by atoms with Gasteiger partial charge in [-0.15, -0.1) is 0 Å². The molecule has 1 heterocycles. The first-order valence-electron chi connectivity index (χ1n) is 7.21. The lowest BCUT2D eigenvalue weighted by Gasteiger charge is -2.02. The average Bonchev–Trinajstić information content (AvgIpc) is 2.96. The predicted octanol–water partition coefficient (Wildman–Crippen LogP) is 4.39. The van der Waals surface area contributed by atoms with Crippen LogP contribution in [0, 0.1) is 0 Å². The Morgan fingerprint density at radius 2 is 2.04 bits per heavy atom. The number of rotatable bonds is 6. The van der Waals surface area contributed by atoms with Crippen molar-refractivity contribution in [3.05, 3.63) is 52.5 Å². The number of nitrogens with one attached hydrogen (secondary N) is 2. The normalized spacial score (nSPS) is 10.7. The number of amides is 2. The molecule has 124 valence electrons. The molecule has 3 rings (SSSR count). The number of aromatic nitrogens is 1. The molecule has 4 N–H and O–H groups in total. The monoisotopic (exact) mass is 422 g/mol. The number of fused-ring (bicyclic) bond motifs is 1. The lowest BCUT2D eigenvalue weighted by atomic mass is 10.1. The maximum absolute atomic E-state index is 10.8. The second kappa shape index (κ2) is 7.87. The van der Waals surface area contributed by atoms with Gasteiger partial charge >= 0.3 is 6.03 Å². The average molecular weight is 423 g/mol. The smallest absolute Gasteiger partial charge is 0.322 e. The van der Waals surface area contributed by atoms with E-state index >= 15 is 0 Å². The van der Waals surface area contributed by atoms with E-state index in [1.165, 1.54) is 17.5 Å². The number of carbonyl (C=O) groups excluding carboxylic acids is 1. The molecule has 0 bridgehead atoms. The lowest BCUT2D eigenvalue weighted by molar-refractivity contribution is 0.254. The highest BCUT2D eigenvalue weighted by molar-refractivity contribution is 9.10. The van der Waals surface area contributed by atoms with Crippen LogP contribution in [0.5, 0.6) is 0 Å². The van der Waals surface area contributed by atoms with Crippen molar-refractivity contribution in [3.8, 4) is 0 Å². The summed E-state index contributed by atoms with van der Waals surface area (Å²) in [5.41, 5.74) is 7.29. The molecule has 2 amide bonds. The van der Waals surface area contributed by atoms with Crippen LogP contribution in [0.25, 0.3) is 10.2 Å². The zero-order valence-corrected chi connectivity index (χ0v) is 15.8. The molecule has 0 fully saturated rings. The minimum atomic E-state index is -0.556. The van der Waals surface area contributed by atoms with Gasteiger partial charge in [0, 0.05) is 15.9 Å². The van der Waals surface area contributed by atoms with Gasteiger partial charge in [0.1, 0.15) is 0 Å². The third kappa shape index (κ3) is 4.62. The molecule has 0 aliphatic heterocycles. The minimum absolute atomic E-state index is 0.556. The molecule has 0 unspecified atom stereocenters. The maximum Gasteiger partial charge on any atom is 0.322 e. The van der Waals surface area contributed by atoms with Gasteiger partial charge in [0.2, 0.25) is 0 Å². The van der Waals surface area contributed by atoms with E-state index in [9.17, 15) is 4.79 Å². The SMILES string of the molecule is NC(=O)NSc1ccc2nc(NCCc3ccc(Br)cc3)sc2c1. The van der Waals surface area contributed by atoms with Crippen molar-refractivity contribution in [2.75, 3.05) is 11.9 Å². The molecule has 0 aliphatic rings. The summed E-state index contributed by atoms with van der Waals surface area (Å²) in [6, 6.07) is 13.6. The number of halogens is 1. The number of anilines is 1. The maximum atomic E-state index is 10.8. The summed E-state index contributed by atoms with van der Waals surface area (Å²) in [6.07, 6.45) is 0.937. The Morgan fingerprint density at radius 1 is 1.25 bits per heavy atom. The van der Waals surface area contributed by atoms with Crippen molar-refractivity contribution in [3.63, 3.8) is 0 Å². The van der Waals surface area contributed by atoms with Crippen LogP contribution in [-0.2, 0) is 6.42 Å². The van der Waals surface area contributed by atoms with Crippen molar-refractivity contribution in [1.29, 1.82) is 0 Å². The fourth-order valence-corrected chi connectivity index (χ4v) is 3.92. The fraction of sp³-hybridized carbons (Fsp3) is 0.125. The molecule has 0 atom stereocenters. The van der Waals surface area contributed by atoms with Crippen molar-refractivity contribution < 1.29 is 4.79 Å². The molecular formula is C16H15BrN4OS2. The van der Waals surface area contributed by atoms with E-state index in [0.717, 1.165) is 37.7 Å². The summed E-state index contributed by atoms with van der Waals surface area (Å²) in [5.74, 6) is 0. The molecule has 1 aromatic heterocycles. The second-order valence-corrected chi connectivity index (χ2v) is 7.85. The Balaban J connectivity index is 1.60. The number of nitrogens with zero attached hydrogens (tertiary/aromatic N) is 1. The van der Waals surface area contributed by atoms with Crippen molar-refractivity contribution in [2.45, 2.75) is 11.3 Å². The first-order valence-corrected chi connectivity index (χ1v) is 9.64. The molecule has 5 nitrogen and oxygen atoms in total. The molecule has 0 radical (unpaired) electrons. The fourth-order valence-electron chi connectivity index (χ4n) is 2.12. The number of hydrogen-bond acceptors (Lipinski definition) is 5.